The Morgan fingerprint density at radius 2 is 1.52 bits per heavy atom. The standard InChI is InChI=1S/C26H27F3N3.Ir/c1-15-12-21(26(27,28)29)32-22(31-15)17-9-11-20(30-14-17)16-8-10-18-19(13-16)24(4,5)25(6,7)23(18,2)3;/h9-14H,1-7H3;/q-1;. The first kappa shape index (κ1) is 25.5. The molecule has 1 aliphatic rings. The minimum Gasteiger partial charge on any atom is -0.304 e. The van der Waals surface area contributed by atoms with Crippen LogP contribution in [0, 0.1) is 18.4 Å². The quantitative estimate of drug-likeness (QED) is 0.289. The maximum Gasteiger partial charge on any atom is 0.433 e. The Hall–Kier alpha value is -2.11. The zero-order valence-electron chi connectivity index (χ0n) is 19.8. The number of hydrogen-bond acceptors (Lipinski definition) is 3. The molecule has 0 saturated heterocycles. The molecular weight excluding hydrogens is 604 g/mol. The molecule has 0 aliphatic heterocycles. The average Bonchev–Trinajstić information content (AvgIpc) is 2.81. The van der Waals surface area contributed by atoms with Crippen molar-refractivity contribution in [2.24, 2.45) is 5.41 Å². The van der Waals surface area contributed by atoms with Crippen molar-refractivity contribution in [1.82, 2.24) is 15.0 Å². The molecule has 0 saturated carbocycles. The maximum absolute atomic E-state index is 13.1. The van der Waals surface area contributed by atoms with Crippen LogP contribution in [0.5, 0.6) is 0 Å². The first-order valence-corrected chi connectivity index (χ1v) is 10.6. The molecule has 0 fully saturated rings. The molecule has 0 N–H and O–H groups in total. The Bertz CT molecular complexity index is 1200. The van der Waals surface area contributed by atoms with E-state index in [0.29, 0.717) is 11.3 Å². The predicted molar refractivity (Wildman–Crippen MR) is 119 cm³/mol. The van der Waals surface area contributed by atoms with Crippen LogP contribution in [0.2, 0.25) is 0 Å². The number of aryl methyl sites for hydroxylation is 1. The second-order valence-electron chi connectivity index (χ2n) is 10.2. The minimum atomic E-state index is -4.52. The molecule has 1 aromatic carbocycles. The fourth-order valence-electron chi connectivity index (χ4n) is 4.66. The van der Waals surface area contributed by atoms with Gasteiger partial charge in [-0.05, 0) is 34.9 Å². The third-order valence-electron chi connectivity index (χ3n) is 7.86. The second kappa shape index (κ2) is 7.99. The van der Waals surface area contributed by atoms with Crippen LogP contribution in [0.4, 0.5) is 13.2 Å². The predicted octanol–water partition coefficient (Wildman–Crippen LogP) is 6.93. The third-order valence-corrected chi connectivity index (χ3v) is 7.86. The molecule has 3 aromatic rings. The number of benzene rings is 1. The van der Waals surface area contributed by atoms with Crippen LogP contribution in [0.25, 0.3) is 22.6 Å². The number of hydrogen-bond donors (Lipinski definition) is 0. The molecular formula is C26H27F3IrN3-. The van der Waals surface area contributed by atoms with Gasteiger partial charge in [0.25, 0.3) is 0 Å². The monoisotopic (exact) mass is 631 g/mol. The van der Waals surface area contributed by atoms with E-state index in [9.17, 15) is 13.2 Å². The van der Waals surface area contributed by atoms with Crippen LogP contribution in [-0.4, -0.2) is 15.0 Å². The number of halogens is 3. The summed E-state index contributed by atoms with van der Waals surface area (Å²) in [5.74, 6) is 0.0129. The molecule has 0 unspecified atom stereocenters. The van der Waals surface area contributed by atoms with Crippen molar-refractivity contribution in [3.8, 4) is 22.6 Å². The zero-order chi connectivity index (χ0) is 23.7. The summed E-state index contributed by atoms with van der Waals surface area (Å²) in [7, 11) is 0. The van der Waals surface area contributed by atoms with Gasteiger partial charge < -0.3 is 4.98 Å². The molecule has 177 valence electrons. The summed E-state index contributed by atoms with van der Waals surface area (Å²) >= 11 is 0. The van der Waals surface area contributed by atoms with E-state index in [1.807, 2.05) is 0 Å². The summed E-state index contributed by atoms with van der Waals surface area (Å²) in [4.78, 5) is 12.4. The Morgan fingerprint density at radius 1 is 0.879 bits per heavy atom. The van der Waals surface area contributed by atoms with Crippen LogP contribution >= 0.6 is 0 Å². The van der Waals surface area contributed by atoms with Gasteiger partial charge in [-0.3, -0.25) is 0 Å². The van der Waals surface area contributed by atoms with E-state index in [-0.39, 0.29) is 47.9 Å². The van der Waals surface area contributed by atoms with E-state index >= 15 is 0 Å². The fraction of sp³-hybridized carbons (Fsp3) is 0.423. The molecule has 0 amide bonds. The first-order chi connectivity index (χ1) is 14.7. The molecule has 0 spiro atoms. The van der Waals surface area contributed by atoms with E-state index in [4.69, 9.17) is 0 Å². The molecule has 7 heteroatoms. The number of fused-ring (bicyclic) bond motifs is 1. The molecule has 33 heavy (non-hydrogen) atoms. The van der Waals surface area contributed by atoms with E-state index in [1.54, 1.807) is 12.1 Å². The summed E-state index contributed by atoms with van der Waals surface area (Å²) in [6, 6.07) is 12.0. The Morgan fingerprint density at radius 3 is 2.09 bits per heavy atom. The van der Waals surface area contributed by atoms with Crippen molar-refractivity contribution < 1.29 is 33.3 Å². The van der Waals surface area contributed by atoms with Gasteiger partial charge in [-0.15, -0.1) is 34.9 Å². The summed E-state index contributed by atoms with van der Waals surface area (Å²) in [5.41, 5.74) is 3.88. The van der Waals surface area contributed by atoms with Gasteiger partial charge in [-0.25, -0.2) is 9.97 Å². The van der Waals surface area contributed by atoms with Gasteiger partial charge in [0.1, 0.15) is 5.69 Å². The number of rotatable bonds is 2. The maximum atomic E-state index is 13.1. The van der Waals surface area contributed by atoms with Gasteiger partial charge in [-0.1, -0.05) is 53.7 Å². The minimum absolute atomic E-state index is 0. The van der Waals surface area contributed by atoms with E-state index in [1.165, 1.54) is 24.2 Å². The van der Waals surface area contributed by atoms with Crippen LogP contribution in [0.1, 0.15) is 64.1 Å². The van der Waals surface area contributed by atoms with Crippen molar-refractivity contribution >= 4 is 0 Å². The van der Waals surface area contributed by atoms with Gasteiger partial charge in [0, 0.05) is 37.6 Å². The molecule has 3 nitrogen and oxygen atoms in total. The molecule has 4 rings (SSSR count). The Balaban J connectivity index is 0.00000306. The second-order valence-corrected chi connectivity index (χ2v) is 10.2. The van der Waals surface area contributed by atoms with Crippen LogP contribution < -0.4 is 0 Å². The topological polar surface area (TPSA) is 38.7 Å². The first-order valence-electron chi connectivity index (χ1n) is 10.6. The Labute approximate surface area is 206 Å². The van der Waals surface area contributed by atoms with Crippen molar-refractivity contribution in [2.75, 3.05) is 0 Å². The molecule has 1 radical (unpaired) electrons. The Kier molecular flexibility index (Phi) is 6.17. The van der Waals surface area contributed by atoms with Crippen LogP contribution in [0.15, 0.2) is 36.5 Å². The molecule has 2 heterocycles. The van der Waals surface area contributed by atoms with Gasteiger partial charge in [0.05, 0.1) is 0 Å². The molecule has 0 bridgehead atoms. The van der Waals surface area contributed by atoms with Gasteiger partial charge in [0.2, 0.25) is 0 Å². The van der Waals surface area contributed by atoms with Gasteiger partial charge >= 0.3 is 6.18 Å². The molecule has 0 atom stereocenters. The van der Waals surface area contributed by atoms with Crippen molar-refractivity contribution in [1.29, 1.82) is 0 Å². The summed E-state index contributed by atoms with van der Waals surface area (Å²) in [6.45, 7) is 15.2. The van der Waals surface area contributed by atoms with E-state index in [2.05, 4.69) is 74.7 Å². The van der Waals surface area contributed by atoms with Crippen molar-refractivity contribution in [3.63, 3.8) is 0 Å². The average molecular weight is 631 g/mol. The summed E-state index contributed by atoms with van der Waals surface area (Å²) < 4.78 is 39.4. The summed E-state index contributed by atoms with van der Waals surface area (Å²) in [5, 5.41) is 0. The SMILES string of the molecule is Cc1cc(C(F)(F)F)nc(-c2ccc(-c3[c-]cc4c(c3)C(C)(C)C(C)(C)C4(C)C)nc2)n1.[Ir]. The smallest absolute Gasteiger partial charge is 0.304 e. The number of pyridine rings is 1. The van der Waals surface area contributed by atoms with Crippen LogP contribution in [0.3, 0.4) is 0 Å². The van der Waals surface area contributed by atoms with E-state index in [0.717, 1.165) is 11.6 Å². The van der Waals surface area contributed by atoms with E-state index < -0.39 is 11.9 Å². The van der Waals surface area contributed by atoms with Crippen LogP contribution in [-0.2, 0) is 37.1 Å². The summed E-state index contributed by atoms with van der Waals surface area (Å²) in [6.07, 6.45) is -3.01. The molecule has 2 aromatic heterocycles. The van der Waals surface area contributed by atoms with Gasteiger partial charge in [0.15, 0.2) is 5.82 Å². The normalized spacial score (nSPS) is 17.9. The van der Waals surface area contributed by atoms with Gasteiger partial charge in [-0.2, -0.15) is 13.2 Å². The van der Waals surface area contributed by atoms with Crippen molar-refractivity contribution in [3.05, 3.63) is 65.1 Å². The fourth-order valence-corrected chi connectivity index (χ4v) is 4.66. The number of aromatic nitrogens is 3. The zero-order valence-corrected chi connectivity index (χ0v) is 22.2. The van der Waals surface area contributed by atoms with Crippen molar-refractivity contribution in [2.45, 2.75) is 65.5 Å². The number of nitrogens with zero attached hydrogens (tertiary/aromatic N) is 3. The number of alkyl halides is 3. The largest absolute Gasteiger partial charge is 0.433 e. The third kappa shape index (κ3) is 3.93. The molecule has 1 aliphatic carbocycles.